The average Bonchev–Trinajstić information content (AvgIpc) is 3.40. The summed E-state index contributed by atoms with van der Waals surface area (Å²) in [7, 11) is 0. The standard InChI is InChI=1S/C17H16FN7O2S/c18-12-1-3-13(4-2-12)20-17(27)24-8-6-23(7-9-24)16(26)15-14(5-10-28-15)25-11-19-21-22-25/h1-5,10-11H,6-9H2,(H,20,27). The molecule has 0 atom stereocenters. The van der Waals surface area contributed by atoms with Crippen molar-refractivity contribution in [3.8, 4) is 5.69 Å². The summed E-state index contributed by atoms with van der Waals surface area (Å²) in [5.74, 6) is -0.473. The first-order valence-corrected chi connectivity index (χ1v) is 9.41. The third kappa shape index (κ3) is 3.69. The van der Waals surface area contributed by atoms with Crippen molar-refractivity contribution >= 4 is 29.0 Å². The molecule has 0 aliphatic carbocycles. The molecule has 3 amide bonds. The molecule has 9 nitrogen and oxygen atoms in total. The smallest absolute Gasteiger partial charge is 0.321 e. The number of hydrogen-bond donors (Lipinski definition) is 1. The molecule has 3 aromatic rings. The summed E-state index contributed by atoms with van der Waals surface area (Å²) < 4.78 is 14.4. The molecule has 1 fully saturated rings. The molecule has 11 heteroatoms. The van der Waals surface area contributed by atoms with Crippen molar-refractivity contribution in [3.05, 3.63) is 52.7 Å². The normalized spacial score (nSPS) is 14.2. The van der Waals surface area contributed by atoms with E-state index in [4.69, 9.17) is 0 Å². The summed E-state index contributed by atoms with van der Waals surface area (Å²) in [6.45, 7) is 1.65. The summed E-state index contributed by atoms with van der Waals surface area (Å²) in [4.78, 5) is 29.1. The molecule has 1 N–H and O–H groups in total. The summed E-state index contributed by atoms with van der Waals surface area (Å²) in [6, 6.07) is 7.10. The Bertz CT molecular complexity index is 966. The van der Waals surface area contributed by atoms with Crippen LogP contribution in [0.5, 0.6) is 0 Å². The minimum absolute atomic E-state index is 0.112. The van der Waals surface area contributed by atoms with Crippen molar-refractivity contribution in [2.24, 2.45) is 0 Å². The fourth-order valence-corrected chi connectivity index (χ4v) is 3.75. The van der Waals surface area contributed by atoms with Gasteiger partial charge in [-0.15, -0.1) is 16.4 Å². The van der Waals surface area contributed by atoms with Gasteiger partial charge >= 0.3 is 6.03 Å². The van der Waals surface area contributed by atoms with E-state index in [1.807, 2.05) is 5.38 Å². The van der Waals surface area contributed by atoms with Crippen LogP contribution >= 0.6 is 11.3 Å². The SMILES string of the molecule is O=C(Nc1ccc(F)cc1)N1CCN(C(=O)c2sccc2-n2cnnn2)CC1. The summed E-state index contributed by atoms with van der Waals surface area (Å²) >= 11 is 1.33. The fourth-order valence-electron chi connectivity index (χ4n) is 2.91. The van der Waals surface area contributed by atoms with Crippen molar-refractivity contribution in [2.45, 2.75) is 0 Å². The molecule has 4 rings (SSSR count). The van der Waals surface area contributed by atoms with E-state index in [-0.39, 0.29) is 17.8 Å². The number of piperazine rings is 1. The number of nitrogens with one attached hydrogen (secondary N) is 1. The van der Waals surface area contributed by atoms with E-state index in [1.165, 1.54) is 46.6 Å². The first kappa shape index (κ1) is 18.0. The molecule has 28 heavy (non-hydrogen) atoms. The van der Waals surface area contributed by atoms with Gasteiger partial charge in [-0.2, -0.15) is 4.68 Å². The van der Waals surface area contributed by atoms with Crippen LogP contribution in [0.1, 0.15) is 9.67 Å². The highest BCUT2D eigenvalue weighted by Crippen LogP contribution is 2.22. The number of aromatic nitrogens is 4. The van der Waals surface area contributed by atoms with Gasteiger partial charge in [-0.1, -0.05) is 0 Å². The Kier molecular flexibility index (Phi) is 4.98. The van der Waals surface area contributed by atoms with Crippen LogP contribution in [0.25, 0.3) is 5.69 Å². The van der Waals surface area contributed by atoms with Gasteiger partial charge in [-0.3, -0.25) is 4.79 Å². The molecule has 1 saturated heterocycles. The molecule has 144 valence electrons. The van der Waals surface area contributed by atoms with Gasteiger partial charge < -0.3 is 15.1 Å². The zero-order chi connectivity index (χ0) is 19.5. The first-order chi connectivity index (χ1) is 13.6. The van der Waals surface area contributed by atoms with Crippen LogP contribution in [0, 0.1) is 5.82 Å². The zero-order valence-electron chi connectivity index (χ0n) is 14.7. The minimum Gasteiger partial charge on any atom is -0.334 e. The van der Waals surface area contributed by atoms with Gasteiger partial charge in [0.15, 0.2) is 0 Å². The third-order valence-electron chi connectivity index (χ3n) is 4.38. The maximum Gasteiger partial charge on any atom is 0.321 e. The quantitative estimate of drug-likeness (QED) is 0.723. The second-order valence-electron chi connectivity index (χ2n) is 6.11. The number of tetrazole rings is 1. The largest absolute Gasteiger partial charge is 0.334 e. The number of halogens is 1. The maximum atomic E-state index is 13.0. The van der Waals surface area contributed by atoms with Crippen molar-refractivity contribution in [1.82, 2.24) is 30.0 Å². The fraction of sp³-hybridized carbons (Fsp3) is 0.235. The summed E-state index contributed by atoms with van der Waals surface area (Å²) in [6.07, 6.45) is 1.44. The predicted octanol–water partition coefficient (Wildman–Crippen LogP) is 1.85. The zero-order valence-corrected chi connectivity index (χ0v) is 15.5. The number of benzene rings is 1. The highest BCUT2D eigenvalue weighted by atomic mass is 32.1. The molecule has 1 aliphatic rings. The number of carbonyl (C=O) groups excluding carboxylic acids is 2. The second-order valence-corrected chi connectivity index (χ2v) is 7.02. The molecule has 0 unspecified atom stereocenters. The van der Waals surface area contributed by atoms with Gasteiger partial charge in [-0.25, -0.2) is 9.18 Å². The lowest BCUT2D eigenvalue weighted by atomic mass is 10.2. The van der Waals surface area contributed by atoms with E-state index in [0.717, 1.165) is 0 Å². The van der Waals surface area contributed by atoms with Crippen molar-refractivity contribution in [1.29, 1.82) is 0 Å². The molecule has 1 aliphatic heterocycles. The van der Waals surface area contributed by atoms with E-state index >= 15 is 0 Å². The Morgan fingerprint density at radius 2 is 1.75 bits per heavy atom. The summed E-state index contributed by atoms with van der Waals surface area (Å²) in [5, 5.41) is 15.6. The summed E-state index contributed by atoms with van der Waals surface area (Å²) in [5.41, 5.74) is 1.16. The minimum atomic E-state index is -0.361. The Hall–Kier alpha value is -3.34. The molecule has 0 radical (unpaired) electrons. The number of hydrogen-bond acceptors (Lipinski definition) is 6. The van der Waals surface area contributed by atoms with Crippen LogP contribution in [0.4, 0.5) is 14.9 Å². The highest BCUT2D eigenvalue weighted by Gasteiger charge is 2.27. The molecule has 0 spiro atoms. The van der Waals surface area contributed by atoms with Gasteiger partial charge in [0.05, 0.1) is 5.69 Å². The van der Waals surface area contributed by atoms with Crippen LogP contribution in [0.2, 0.25) is 0 Å². The number of nitrogens with zero attached hydrogens (tertiary/aromatic N) is 6. The number of thiophene rings is 1. The van der Waals surface area contributed by atoms with Gasteiger partial charge in [0.2, 0.25) is 0 Å². The topological polar surface area (TPSA) is 96.2 Å². The van der Waals surface area contributed by atoms with Crippen molar-refractivity contribution in [3.63, 3.8) is 0 Å². The highest BCUT2D eigenvalue weighted by molar-refractivity contribution is 7.12. The van der Waals surface area contributed by atoms with Crippen molar-refractivity contribution < 1.29 is 14.0 Å². The Morgan fingerprint density at radius 3 is 2.43 bits per heavy atom. The number of rotatable bonds is 3. The van der Waals surface area contributed by atoms with Crippen LogP contribution in [-0.2, 0) is 0 Å². The van der Waals surface area contributed by atoms with E-state index in [1.54, 1.807) is 15.9 Å². The van der Waals surface area contributed by atoms with Gasteiger partial charge in [0, 0.05) is 31.9 Å². The molecule has 0 saturated carbocycles. The van der Waals surface area contributed by atoms with Crippen LogP contribution in [-0.4, -0.2) is 68.1 Å². The monoisotopic (exact) mass is 401 g/mol. The lowest BCUT2D eigenvalue weighted by molar-refractivity contribution is 0.0676. The Labute approximate surface area is 163 Å². The molecule has 2 aromatic heterocycles. The van der Waals surface area contributed by atoms with Gasteiger partial charge in [0.1, 0.15) is 17.0 Å². The van der Waals surface area contributed by atoms with E-state index in [9.17, 15) is 14.0 Å². The van der Waals surface area contributed by atoms with Gasteiger partial charge in [0.25, 0.3) is 5.91 Å². The van der Waals surface area contributed by atoms with Crippen LogP contribution in [0.3, 0.4) is 0 Å². The Morgan fingerprint density at radius 1 is 1.04 bits per heavy atom. The molecule has 3 heterocycles. The maximum absolute atomic E-state index is 13.0. The van der Waals surface area contributed by atoms with Crippen molar-refractivity contribution in [2.75, 3.05) is 31.5 Å². The first-order valence-electron chi connectivity index (χ1n) is 8.53. The van der Waals surface area contributed by atoms with E-state index < -0.39 is 0 Å². The van der Waals surface area contributed by atoms with E-state index in [0.29, 0.717) is 42.4 Å². The Balaban J connectivity index is 1.36. The average molecular weight is 401 g/mol. The molecule has 0 bridgehead atoms. The predicted molar refractivity (Wildman–Crippen MR) is 99.9 cm³/mol. The van der Waals surface area contributed by atoms with Crippen LogP contribution in [0.15, 0.2) is 42.0 Å². The number of amides is 3. The third-order valence-corrected chi connectivity index (χ3v) is 5.28. The lowest BCUT2D eigenvalue weighted by Crippen LogP contribution is -2.51. The number of carbonyl (C=O) groups is 2. The van der Waals surface area contributed by atoms with Crippen LogP contribution < -0.4 is 5.32 Å². The number of anilines is 1. The lowest BCUT2D eigenvalue weighted by Gasteiger charge is -2.34. The van der Waals surface area contributed by atoms with E-state index in [2.05, 4.69) is 20.8 Å². The molecular formula is C17H16FN7O2S. The molecule has 1 aromatic carbocycles. The molecular weight excluding hydrogens is 385 g/mol. The second kappa shape index (κ2) is 7.72. The number of urea groups is 1. The van der Waals surface area contributed by atoms with Gasteiger partial charge in [-0.05, 0) is 46.1 Å².